The van der Waals surface area contributed by atoms with Crippen LogP contribution in [0.15, 0.2) is 12.1 Å². The first-order valence-corrected chi connectivity index (χ1v) is 8.55. The topological polar surface area (TPSA) is 15.3 Å². The summed E-state index contributed by atoms with van der Waals surface area (Å²) in [5.74, 6) is 0. The largest absolute Gasteiger partial charge is 0.313 e. The van der Waals surface area contributed by atoms with Gasteiger partial charge in [0.2, 0.25) is 0 Å². The molecule has 108 valence electrons. The Morgan fingerprint density at radius 1 is 1.32 bits per heavy atom. The Morgan fingerprint density at radius 3 is 2.68 bits per heavy atom. The van der Waals surface area contributed by atoms with Crippen molar-refractivity contribution in [2.75, 3.05) is 13.1 Å². The molecule has 2 nitrogen and oxygen atoms in total. The predicted molar refractivity (Wildman–Crippen MR) is 84.9 cm³/mol. The van der Waals surface area contributed by atoms with Crippen molar-refractivity contribution in [3.05, 3.63) is 21.9 Å². The lowest BCUT2D eigenvalue weighted by atomic mass is 10.0. The van der Waals surface area contributed by atoms with Crippen LogP contribution in [0.4, 0.5) is 0 Å². The van der Waals surface area contributed by atoms with Crippen molar-refractivity contribution in [2.45, 2.75) is 65.1 Å². The van der Waals surface area contributed by atoms with E-state index in [4.69, 9.17) is 0 Å². The first-order chi connectivity index (χ1) is 9.19. The third kappa shape index (κ3) is 4.59. The zero-order chi connectivity index (χ0) is 13.7. The standard InChI is InChI=1S/C16H28N2S/c1-4-15-8-9-16(19-15)12-18(13(2)3)11-14-7-5-6-10-17-14/h8-9,13-14,17H,4-7,10-12H2,1-3H3. The van der Waals surface area contributed by atoms with E-state index in [1.54, 1.807) is 0 Å². The van der Waals surface area contributed by atoms with Crippen molar-refractivity contribution in [2.24, 2.45) is 0 Å². The summed E-state index contributed by atoms with van der Waals surface area (Å²) in [6.45, 7) is 10.4. The molecule has 1 unspecified atom stereocenters. The van der Waals surface area contributed by atoms with Crippen LogP contribution in [0.1, 0.15) is 49.8 Å². The van der Waals surface area contributed by atoms with Gasteiger partial charge in [0.1, 0.15) is 0 Å². The molecule has 0 aliphatic carbocycles. The van der Waals surface area contributed by atoms with Gasteiger partial charge in [-0.25, -0.2) is 0 Å². The highest BCUT2D eigenvalue weighted by atomic mass is 32.1. The predicted octanol–water partition coefficient (Wildman–Crippen LogP) is 3.66. The van der Waals surface area contributed by atoms with Crippen LogP contribution in [0.2, 0.25) is 0 Å². The van der Waals surface area contributed by atoms with Gasteiger partial charge in [-0.3, -0.25) is 4.90 Å². The molecule has 1 aliphatic rings. The molecule has 0 spiro atoms. The Hall–Kier alpha value is -0.380. The van der Waals surface area contributed by atoms with Crippen molar-refractivity contribution < 1.29 is 0 Å². The highest BCUT2D eigenvalue weighted by molar-refractivity contribution is 7.11. The molecule has 2 rings (SSSR count). The molecule has 1 aromatic rings. The molecule has 1 atom stereocenters. The highest BCUT2D eigenvalue weighted by Gasteiger charge is 2.19. The minimum Gasteiger partial charge on any atom is -0.313 e. The molecule has 0 radical (unpaired) electrons. The van der Waals surface area contributed by atoms with Crippen LogP contribution in [0.25, 0.3) is 0 Å². The van der Waals surface area contributed by atoms with E-state index in [1.807, 2.05) is 11.3 Å². The number of rotatable bonds is 6. The van der Waals surface area contributed by atoms with E-state index in [1.165, 1.54) is 42.1 Å². The minimum atomic E-state index is 0.621. The van der Waals surface area contributed by atoms with Crippen LogP contribution in [0, 0.1) is 0 Å². The average molecular weight is 280 g/mol. The Morgan fingerprint density at radius 2 is 2.11 bits per heavy atom. The number of nitrogens with zero attached hydrogens (tertiary/aromatic N) is 1. The van der Waals surface area contributed by atoms with E-state index in [9.17, 15) is 0 Å². The van der Waals surface area contributed by atoms with Gasteiger partial charge in [-0.2, -0.15) is 0 Å². The fourth-order valence-electron chi connectivity index (χ4n) is 2.72. The summed E-state index contributed by atoms with van der Waals surface area (Å²) in [6, 6.07) is 5.92. The van der Waals surface area contributed by atoms with Crippen LogP contribution < -0.4 is 5.32 Å². The zero-order valence-electron chi connectivity index (χ0n) is 12.6. The summed E-state index contributed by atoms with van der Waals surface area (Å²) in [4.78, 5) is 5.64. The zero-order valence-corrected chi connectivity index (χ0v) is 13.4. The van der Waals surface area contributed by atoms with Crippen molar-refractivity contribution in [1.29, 1.82) is 0 Å². The van der Waals surface area contributed by atoms with E-state index in [2.05, 4.69) is 43.1 Å². The molecule has 19 heavy (non-hydrogen) atoms. The van der Waals surface area contributed by atoms with Gasteiger partial charge in [0.15, 0.2) is 0 Å². The molecule has 1 saturated heterocycles. The summed E-state index contributed by atoms with van der Waals surface area (Å²) < 4.78 is 0. The molecule has 2 heterocycles. The van der Waals surface area contributed by atoms with Gasteiger partial charge in [0.25, 0.3) is 0 Å². The maximum Gasteiger partial charge on any atom is 0.0331 e. The van der Waals surface area contributed by atoms with Crippen LogP contribution in [0.3, 0.4) is 0 Å². The molecule has 1 N–H and O–H groups in total. The third-order valence-corrected chi connectivity index (χ3v) is 5.24. The monoisotopic (exact) mass is 280 g/mol. The first kappa shape index (κ1) is 15.0. The second kappa shape index (κ2) is 7.41. The minimum absolute atomic E-state index is 0.621. The molecule has 0 saturated carbocycles. The molecule has 1 fully saturated rings. The number of nitrogens with one attached hydrogen (secondary N) is 1. The third-order valence-electron chi connectivity index (χ3n) is 4.02. The molecule has 1 aromatic heterocycles. The molecular weight excluding hydrogens is 252 g/mol. The number of piperidine rings is 1. The Labute approximate surface area is 122 Å². The summed E-state index contributed by atoms with van der Waals surface area (Å²) >= 11 is 1.98. The van der Waals surface area contributed by atoms with Crippen molar-refractivity contribution >= 4 is 11.3 Å². The van der Waals surface area contributed by atoms with Gasteiger partial charge < -0.3 is 5.32 Å². The summed E-state index contributed by atoms with van der Waals surface area (Å²) in [5, 5.41) is 3.67. The van der Waals surface area contributed by atoms with Gasteiger partial charge in [-0.05, 0) is 51.8 Å². The molecule has 1 aliphatic heterocycles. The lowest BCUT2D eigenvalue weighted by molar-refractivity contribution is 0.178. The first-order valence-electron chi connectivity index (χ1n) is 7.74. The van der Waals surface area contributed by atoms with Crippen molar-refractivity contribution in [1.82, 2.24) is 10.2 Å². The summed E-state index contributed by atoms with van der Waals surface area (Å²) in [7, 11) is 0. The van der Waals surface area contributed by atoms with Gasteiger partial charge in [-0.15, -0.1) is 11.3 Å². The molecule has 0 bridgehead atoms. The number of thiophene rings is 1. The maximum atomic E-state index is 3.67. The Bertz CT molecular complexity index is 367. The van der Waals surface area contributed by atoms with Crippen molar-refractivity contribution in [3.63, 3.8) is 0 Å². The number of aryl methyl sites for hydroxylation is 1. The molecule has 3 heteroatoms. The van der Waals surface area contributed by atoms with Gasteiger partial charge in [-0.1, -0.05) is 13.3 Å². The fraction of sp³-hybridized carbons (Fsp3) is 0.750. The second-order valence-corrected chi connectivity index (χ2v) is 7.14. The normalized spacial score (nSPS) is 20.4. The van der Waals surface area contributed by atoms with Crippen LogP contribution in [0.5, 0.6) is 0 Å². The van der Waals surface area contributed by atoms with E-state index in [0.29, 0.717) is 12.1 Å². The quantitative estimate of drug-likeness (QED) is 0.855. The van der Waals surface area contributed by atoms with E-state index in [0.717, 1.165) is 13.0 Å². The van der Waals surface area contributed by atoms with E-state index >= 15 is 0 Å². The van der Waals surface area contributed by atoms with Crippen molar-refractivity contribution in [3.8, 4) is 0 Å². The van der Waals surface area contributed by atoms with Gasteiger partial charge in [0.05, 0.1) is 0 Å². The molecule has 0 aromatic carbocycles. The van der Waals surface area contributed by atoms with Crippen LogP contribution in [-0.2, 0) is 13.0 Å². The molecule has 0 amide bonds. The molecular formula is C16H28N2S. The number of hydrogen-bond donors (Lipinski definition) is 1. The van der Waals surface area contributed by atoms with E-state index < -0.39 is 0 Å². The smallest absolute Gasteiger partial charge is 0.0331 e. The lowest BCUT2D eigenvalue weighted by Crippen LogP contribution is -2.45. The Kier molecular flexibility index (Phi) is 5.86. The maximum absolute atomic E-state index is 3.67. The summed E-state index contributed by atoms with van der Waals surface area (Å²) in [5.41, 5.74) is 0. The Balaban J connectivity index is 1.91. The highest BCUT2D eigenvalue weighted by Crippen LogP contribution is 2.20. The fourth-order valence-corrected chi connectivity index (χ4v) is 3.70. The second-order valence-electron chi connectivity index (χ2n) is 5.89. The van der Waals surface area contributed by atoms with E-state index in [-0.39, 0.29) is 0 Å². The van der Waals surface area contributed by atoms with Gasteiger partial charge >= 0.3 is 0 Å². The number of hydrogen-bond acceptors (Lipinski definition) is 3. The lowest BCUT2D eigenvalue weighted by Gasteiger charge is -2.32. The van der Waals surface area contributed by atoms with Crippen LogP contribution >= 0.6 is 11.3 Å². The van der Waals surface area contributed by atoms with Gasteiger partial charge in [0, 0.05) is 34.9 Å². The summed E-state index contributed by atoms with van der Waals surface area (Å²) in [6.07, 6.45) is 5.25. The average Bonchev–Trinajstić information content (AvgIpc) is 2.87. The van der Waals surface area contributed by atoms with Crippen LogP contribution in [-0.4, -0.2) is 30.1 Å². The SMILES string of the molecule is CCc1ccc(CN(CC2CCCCN2)C(C)C)s1.